The predicted octanol–water partition coefficient (Wildman–Crippen LogP) is 3.78. The van der Waals surface area contributed by atoms with Crippen LogP contribution in [0.25, 0.3) is 10.9 Å². The smallest absolute Gasteiger partial charge is 0.256 e. The molecule has 0 aliphatic heterocycles. The molecule has 0 saturated heterocycles. The fourth-order valence-electron chi connectivity index (χ4n) is 2.43. The predicted molar refractivity (Wildman–Crippen MR) is 91.9 cm³/mol. The lowest BCUT2D eigenvalue weighted by Crippen LogP contribution is -2.42. The minimum Gasteiger partial charge on any atom is -0.492 e. The molecule has 2 rings (SSSR count). The Balaban J connectivity index is 2.37. The SMILES string of the molecule is CCOc1ccc(NC(=O)[C@](C)(CC)OCC)c2cccnc12. The van der Waals surface area contributed by atoms with Crippen LogP contribution in [-0.2, 0) is 9.53 Å². The molecule has 0 unspecified atom stereocenters. The van der Waals surface area contributed by atoms with Gasteiger partial charge in [0.25, 0.3) is 5.91 Å². The molecule has 1 atom stereocenters. The van der Waals surface area contributed by atoms with Crippen LogP contribution in [0.4, 0.5) is 5.69 Å². The average molecular weight is 316 g/mol. The number of pyridine rings is 1. The molecule has 0 aliphatic rings. The van der Waals surface area contributed by atoms with Crippen molar-refractivity contribution in [1.29, 1.82) is 0 Å². The monoisotopic (exact) mass is 316 g/mol. The Labute approximate surface area is 137 Å². The number of nitrogens with zero attached hydrogens (tertiary/aromatic N) is 1. The molecule has 0 aliphatic carbocycles. The van der Waals surface area contributed by atoms with Crippen molar-refractivity contribution in [2.24, 2.45) is 0 Å². The summed E-state index contributed by atoms with van der Waals surface area (Å²) in [5.41, 5.74) is 0.602. The number of hydrogen-bond donors (Lipinski definition) is 1. The van der Waals surface area contributed by atoms with Crippen molar-refractivity contribution in [2.45, 2.75) is 39.7 Å². The lowest BCUT2D eigenvalue weighted by molar-refractivity contribution is -0.139. The van der Waals surface area contributed by atoms with Gasteiger partial charge in [0.2, 0.25) is 0 Å². The van der Waals surface area contributed by atoms with Crippen molar-refractivity contribution in [2.75, 3.05) is 18.5 Å². The topological polar surface area (TPSA) is 60.5 Å². The van der Waals surface area contributed by atoms with Gasteiger partial charge in [-0.15, -0.1) is 0 Å². The number of carbonyl (C=O) groups excluding carboxylic acids is 1. The zero-order valence-corrected chi connectivity index (χ0v) is 14.2. The molecule has 0 saturated carbocycles. The minimum atomic E-state index is -0.845. The van der Waals surface area contributed by atoms with E-state index in [0.717, 1.165) is 10.9 Å². The van der Waals surface area contributed by atoms with E-state index in [9.17, 15) is 4.79 Å². The molecule has 5 heteroatoms. The zero-order chi connectivity index (χ0) is 16.9. The van der Waals surface area contributed by atoms with Crippen LogP contribution in [0, 0.1) is 0 Å². The number of fused-ring (bicyclic) bond motifs is 1. The highest BCUT2D eigenvalue weighted by molar-refractivity contribution is 6.05. The quantitative estimate of drug-likeness (QED) is 0.844. The van der Waals surface area contributed by atoms with E-state index in [1.807, 2.05) is 45.0 Å². The summed E-state index contributed by atoms with van der Waals surface area (Å²) in [6.45, 7) is 8.61. The van der Waals surface area contributed by atoms with Crippen molar-refractivity contribution in [3.05, 3.63) is 30.5 Å². The molecule has 1 aromatic heterocycles. The Kier molecular flexibility index (Phi) is 5.55. The van der Waals surface area contributed by atoms with Crippen molar-refractivity contribution in [3.8, 4) is 5.75 Å². The standard InChI is InChI=1S/C18H24N2O3/c1-5-18(4,23-7-3)17(21)20-14-10-11-15(22-6-2)16-13(14)9-8-12-19-16/h8-12H,5-7H2,1-4H3,(H,20,21)/t18-/m0/s1. The first kappa shape index (κ1) is 17.2. The molecule has 0 fully saturated rings. The lowest BCUT2D eigenvalue weighted by atomic mass is 10.0. The van der Waals surface area contributed by atoms with E-state index in [2.05, 4.69) is 10.3 Å². The average Bonchev–Trinajstić information content (AvgIpc) is 2.57. The third-order valence-corrected chi connectivity index (χ3v) is 3.90. The molecule has 124 valence electrons. The van der Waals surface area contributed by atoms with Crippen LogP contribution in [0.5, 0.6) is 5.75 Å². The van der Waals surface area contributed by atoms with Gasteiger partial charge in [0.1, 0.15) is 16.9 Å². The van der Waals surface area contributed by atoms with Gasteiger partial charge in [-0.05, 0) is 51.5 Å². The van der Waals surface area contributed by atoms with Gasteiger partial charge in [0.15, 0.2) is 0 Å². The maximum absolute atomic E-state index is 12.6. The van der Waals surface area contributed by atoms with Crippen LogP contribution < -0.4 is 10.1 Å². The molecular formula is C18H24N2O3. The molecular weight excluding hydrogens is 292 g/mol. The number of rotatable bonds is 7. The summed E-state index contributed by atoms with van der Waals surface area (Å²) in [4.78, 5) is 17.0. The number of amides is 1. The second-order valence-electron chi connectivity index (χ2n) is 5.42. The summed E-state index contributed by atoms with van der Waals surface area (Å²) in [5.74, 6) is 0.556. The molecule has 23 heavy (non-hydrogen) atoms. The lowest BCUT2D eigenvalue weighted by Gasteiger charge is -2.27. The summed E-state index contributed by atoms with van der Waals surface area (Å²) in [7, 11) is 0. The van der Waals surface area contributed by atoms with Crippen molar-refractivity contribution >= 4 is 22.5 Å². The van der Waals surface area contributed by atoms with E-state index < -0.39 is 5.60 Å². The Hall–Kier alpha value is -2.14. The van der Waals surface area contributed by atoms with Gasteiger partial charge in [0, 0.05) is 18.2 Å². The van der Waals surface area contributed by atoms with Crippen molar-refractivity contribution in [1.82, 2.24) is 4.98 Å². The van der Waals surface area contributed by atoms with Gasteiger partial charge < -0.3 is 14.8 Å². The molecule has 5 nitrogen and oxygen atoms in total. The molecule has 1 amide bonds. The number of ether oxygens (including phenoxy) is 2. The van der Waals surface area contributed by atoms with Crippen LogP contribution in [0.2, 0.25) is 0 Å². The Morgan fingerprint density at radius 1 is 1.22 bits per heavy atom. The van der Waals surface area contributed by atoms with Gasteiger partial charge in [-0.25, -0.2) is 0 Å². The molecule has 2 aromatic rings. The summed E-state index contributed by atoms with van der Waals surface area (Å²) in [6, 6.07) is 7.44. The summed E-state index contributed by atoms with van der Waals surface area (Å²) in [5, 5.41) is 3.82. The molecule has 0 radical (unpaired) electrons. The fourth-order valence-corrected chi connectivity index (χ4v) is 2.43. The highest BCUT2D eigenvalue weighted by Gasteiger charge is 2.32. The molecule has 0 spiro atoms. The highest BCUT2D eigenvalue weighted by atomic mass is 16.5. The molecule has 0 bridgehead atoms. The number of anilines is 1. The summed E-state index contributed by atoms with van der Waals surface area (Å²) in [6.07, 6.45) is 2.31. The third-order valence-electron chi connectivity index (χ3n) is 3.90. The number of carbonyl (C=O) groups is 1. The first-order chi connectivity index (χ1) is 11.1. The van der Waals surface area contributed by atoms with E-state index in [1.54, 1.807) is 13.1 Å². The van der Waals surface area contributed by atoms with Gasteiger partial charge in [-0.1, -0.05) is 6.92 Å². The second-order valence-corrected chi connectivity index (χ2v) is 5.42. The second kappa shape index (κ2) is 7.42. The van der Waals surface area contributed by atoms with Crippen molar-refractivity contribution in [3.63, 3.8) is 0 Å². The zero-order valence-electron chi connectivity index (χ0n) is 14.2. The van der Waals surface area contributed by atoms with Gasteiger partial charge in [0.05, 0.1) is 12.3 Å². The Bertz CT molecular complexity index is 687. The van der Waals surface area contributed by atoms with E-state index in [1.165, 1.54) is 0 Å². The highest BCUT2D eigenvalue weighted by Crippen LogP contribution is 2.31. The molecule has 1 N–H and O–H groups in total. The maximum Gasteiger partial charge on any atom is 0.256 e. The van der Waals surface area contributed by atoms with E-state index >= 15 is 0 Å². The normalized spacial score (nSPS) is 13.6. The van der Waals surface area contributed by atoms with E-state index in [0.29, 0.717) is 31.1 Å². The number of nitrogens with one attached hydrogen (secondary N) is 1. The maximum atomic E-state index is 12.6. The summed E-state index contributed by atoms with van der Waals surface area (Å²) < 4.78 is 11.2. The largest absolute Gasteiger partial charge is 0.492 e. The third kappa shape index (κ3) is 3.62. The minimum absolute atomic E-state index is 0.156. The van der Waals surface area contributed by atoms with E-state index in [4.69, 9.17) is 9.47 Å². The van der Waals surface area contributed by atoms with Crippen LogP contribution in [0.1, 0.15) is 34.1 Å². The van der Waals surface area contributed by atoms with Crippen LogP contribution in [-0.4, -0.2) is 29.7 Å². The van der Waals surface area contributed by atoms with Gasteiger partial charge in [-0.2, -0.15) is 0 Å². The molecule has 1 aromatic carbocycles. The number of aromatic nitrogens is 1. The van der Waals surface area contributed by atoms with E-state index in [-0.39, 0.29) is 5.91 Å². The van der Waals surface area contributed by atoms with Crippen molar-refractivity contribution < 1.29 is 14.3 Å². The van der Waals surface area contributed by atoms with Gasteiger partial charge >= 0.3 is 0 Å². The van der Waals surface area contributed by atoms with Crippen LogP contribution >= 0.6 is 0 Å². The van der Waals surface area contributed by atoms with Crippen LogP contribution in [0.3, 0.4) is 0 Å². The number of benzene rings is 1. The Morgan fingerprint density at radius 3 is 2.65 bits per heavy atom. The fraction of sp³-hybridized carbons (Fsp3) is 0.444. The Morgan fingerprint density at radius 2 is 2.00 bits per heavy atom. The first-order valence-corrected chi connectivity index (χ1v) is 8.01. The summed E-state index contributed by atoms with van der Waals surface area (Å²) >= 11 is 0. The van der Waals surface area contributed by atoms with Gasteiger partial charge in [-0.3, -0.25) is 9.78 Å². The molecule has 1 heterocycles. The van der Waals surface area contributed by atoms with Crippen LogP contribution in [0.15, 0.2) is 30.5 Å². The number of hydrogen-bond acceptors (Lipinski definition) is 4. The first-order valence-electron chi connectivity index (χ1n) is 8.01.